The molecule has 35 heavy (non-hydrogen) atoms. The smallest absolute Gasteiger partial charge is 0.264 e. The molecular formula is C24H31N3O6S2. The second kappa shape index (κ2) is 9.44. The van der Waals surface area contributed by atoms with E-state index in [0.717, 1.165) is 17.1 Å². The van der Waals surface area contributed by atoms with Gasteiger partial charge in [0.1, 0.15) is 5.75 Å². The number of hydrogen-bond donors (Lipinski definition) is 0. The monoisotopic (exact) mass is 521 g/mol. The van der Waals surface area contributed by atoms with Crippen molar-refractivity contribution in [1.82, 2.24) is 9.21 Å². The average Bonchev–Trinajstić information content (AvgIpc) is 3.27. The molecule has 190 valence electrons. The first-order valence-electron chi connectivity index (χ1n) is 11.5. The van der Waals surface area contributed by atoms with Crippen LogP contribution in [-0.2, 0) is 26.5 Å². The molecule has 9 nitrogen and oxygen atoms in total. The molecule has 11 heteroatoms. The van der Waals surface area contributed by atoms with Crippen LogP contribution in [0.2, 0.25) is 0 Å². The topological polar surface area (TPSA) is 104 Å². The number of methoxy groups -OCH3 is 1. The van der Waals surface area contributed by atoms with E-state index in [1.165, 1.54) is 61.9 Å². The maximum atomic E-state index is 13.6. The van der Waals surface area contributed by atoms with Crippen molar-refractivity contribution >= 4 is 31.6 Å². The van der Waals surface area contributed by atoms with Crippen LogP contribution in [0, 0.1) is 5.92 Å². The molecule has 0 spiro atoms. The normalized spacial score (nSPS) is 17.1. The van der Waals surface area contributed by atoms with Gasteiger partial charge in [0, 0.05) is 33.7 Å². The van der Waals surface area contributed by atoms with Gasteiger partial charge in [-0.25, -0.2) is 21.1 Å². The molecule has 2 aromatic rings. The summed E-state index contributed by atoms with van der Waals surface area (Å²) in [6.45, 7) is 3.58. The van der Waals surface area contributed by atoms with Gasteiger partial charge in [-0.05, 0) is 67.1 Å². The Kier molecular flexibility index (Phi) is 6.87. The second-order valence-corrected chi connectivity index (χ2v) is 13.3. The molecule has 0 radical (unpaired) electrons. The van der Waals surface area contributed by atoms with Crippen molar-refractivity contribution in [3.05, 3.63) is 47.5 Å². The number of carbonyl (C=O) groups excluding carboxylic acids is 1. The van der Waals surface area contributed by atoms with Crippen molar-refractivity contribution in [3.63, 3.8) is 0 Å². The van der Waals surface area contributed by atoms with Crippen LogP contribution in [0.1, 0.15) is 35.7 Å². The van der Waals surface area contributed by atoms with Gasteiger partial charge in [0.05, 0.1) is 28.2 Å². The number of sulfonamides is 2. The highest BCUT2D eigenvalue weighted by atomic mass is 32.2. The summed E-state index contributed by atoms with van der Waals surface area (Å²) in [6.07, 6.45) is 2.20. The summed E-state index contributed by atoms with van der Waals surface area (Å²) in [6, 6.07) is 8.81. The van der Waals surface area contributed by atoms with Gasteiger partial charge in [-0.3, -0.25) is 9.10 Å². The van der Waals surface area contributed by atoms with Crippen LogP contribution >= 0.6 is 0 Å². The highest BCUT2D eigenvalue weighted by molar-refractivity contribution is 7.92. The number of rotatable bonds is 6. The number of benzene rings is 2. The van der Waals surface area contributed by atoms with E-state index < -0.39 is 20.0 Å². The zero-order chi connectivity index (χ0) is 25.5. The molecule has 0 atom stereocenters. The molecule has 0 unspecified atom stereocenters. The van der Waals surface area contributed by atoms with E-state index in [0.29, 0.717) is 42.4 Å². The molecule has 1 fully saturated rings. The molecule has 4 rings (SSSR count). The van der Waals surface area contributed by atoms with Crippen molar-refractivity contribution in [2.24, 2.45) is 5.92 Å². The summed E-state index contributed by atoms with van der Waals surface area (Å²) in [5.41, 5.74) is 1.30. The number of amides is 1. The average molecular weight is 522 g/mol. The molecule has 2 aromatic carbocycles. The van der Waals surface area contributed by atoms with Crippen molar-refractivity contribution in [1.29, 1.82) is 0 Å². The van der Waals surface area contributed by atoms with Crippen molar-refractivity contribution in [3.8, 4) is 5.75 Å². The summed E-state index contributed by atoms with van der Waals surface area (Å²) in [5, 5.41) is 0. The Morgan fingerprint density at radius 1 is 0.971 bits per heavy atom. The highest BCUT2D eigenvalue weighted by Crippen LogP contribution is 2.36. The highest BCUT2D eigenvalue weighted by Gasteiger charge is 2.34. The first-order chi connectivity index (χ1) is 16.5. The fourth-order valence-corrected chi connectivity index (χ4v) is 6.98. The zero-order valence-corrected chi connectivity index (χ0v) is 22.0. The van der Waals surface area contributed by atoms with Gasteiger partial charge in [-0.15, -0.1) is 0 Å². The molecule has 0 N–H and O–H groups in total. The van der Waals surface area contributed by atoms with Crippen LogP contribution in [0.5, 0.6) is 5.75 Å². The lowest BCUT2D eigenvalue weighted by Crippen LogP contribution is -2.38. The first-order valence-corrected chi connectivity index (χ1v) is 14.4. The number of piperidine rings is 1. The summed E-state index contributed by atoms with van der Waals surface area (Å²) in [4.78, 5) is 15.1. The third kappa shape index (κ3) is 4.64. The standard InChI is InChI=1S/C24H31N3O6S2/c1-17-9-12-26(13-10-17)24(28)21-16-20(6-8-23(21)33-4)35(31,32)27-14-11-18-15-19(5-7-22(18)27)34(29,30)25(2)3/h5-8,15-17H,9-14H2,1-4H3. The van der Waals surface area contributed by atoms with E-state index in [2.05, 4.69) is 6.92 Å². The number of fused-ring (bicyclic) bond motifs is 1. The van der Waals surface area contributed by atoms with Crippen molar-refractivity contribution in [2.45, 2.75) is 36.0 Å². The first kappa shape index (κ1) is 25.5. The fourth-order valence-electron chi connectivity index (χ4n) is 4.49. The minimum Gasteiger partial charge on any atom is -0.496 e. The van der Waals surface area contributed by atoms with E-state index in [4.69, 9.17) is 4.74 Å². The van der Waals surface area contributed by atoms with E-state index in [1.54, 1.807) is 4.90 Å². The van der Waals surface area contributed by atoms with E-state index in [-0.39, 0.29) is 27.8 Å². The summed E-state index contributed by atoms with van der Waals surface area (Å²) in [5.74, 6) is 0.634. The van der Waals surface area contributed by atoms with Crippen LogP contribution in [0.4, 0.5) is 5.69 Å². The maximum absolute atomic E-state index is 13.6. The minimum atomic E-state index is -3.99. The van der Waals surface area contributed by atoms with Gasteiger partial charge in [0.2, 0.25) is 10.0 Å². The number of ether oxygens (including phenoxy) is 1. The summed E-state index contributed by atoms with van der Waals surface area (Å²) >= 11 is 0. The molecule has 0 aromatic heterocycles. The molecule has 2 aliphatic heterocycles. The fraction of sp³-hybridized carbons (Fsp3) is 0.458. The Balaban J connectivity index is 1.68. The summed E-state index contributed by atoms with van der Waals surface area (Å²) in [7, 11) is -3.27. The van der Waals surface area contributed by atoms with Crippen LogP contribution in [0.25, 0.3) is 0 Å². The lowest BCUT2D eigenvalue weighted by Gasteiger charge is -2.31. The van der Waals surface area contributed by atoms with Gasteiger partial charge in [0.25, 0.3) is 15.9 Å². The number of carbonyl (C=O) groups is 1. The lowest BCUT2D eigenvalue weighted by atomic mass is 9.98. The third-order valence-corrected chi connectivity index (χ3v) is 10.4. The van der Waals surface area contributed by atoms with Crippen LogP contribution in [0.15, 0.2) is 46.2 Å². The molecule has 1 amide bonds. The molecule has 1 saturated heterocycles. The van der Waals surface area contributed by atoms with Gasteiger partial charge < -0.3 is 9.64 Å². The molecular weight excluding hydrogens is 490 g/mol. The SMILES string of the molecule is COc1ccc(S(=O)(=O)N2CCc3cc(S(=O)(=O)N(C)C)ccc32)cc1C(=O)N1CCC(C)CC1. The van der Waals surface area contributed by atoms with Gasteiger partial charge in [-0.2, -0.15) is 0 Å². The van der Waals surface area contributed by atoms with E-state index in [9.17, 15) is 21.6 Å². The van der Waals surface area contributed by atoms with Gasteiger partial charge in [0.15, 0.2) is 0 Å². The van der Waals surface area contributed by atoms with Gasteiger partial charge in [-0.1, -0.05) is 6.92 Å². The lowest BCUT2D eigenvalue weighted by molar-refractivity contribution is 0.0693. The number of likely N-dealkylation sites (tertiary alicyclic amines) is 1. The second-order valence-electron chi connectivity index (χ2n) is 9.24. The quantitative estimate of drug-likeness (QED) is 0.579. The molecule has 0 bridgehead atoms. The van der Waals surface area contributed by atoms with Crippen LogP contribution < -0.4 is 9.04 Å². The Morgan fingerprint density at radius 3 is 2.26 bits per heavy atom. The summed E-state index contributed by atoms with van der Waals surface area (Å²) < 4.78 is 60.0. The maximum Gasteiger partial charge on any atom is 0.264 e. The zero-order valence-electron chi connectivity index (χ0n) is 20.4. The third-order valence-electron chi connectivity index (χ3n) is 6.74. The number of hydrogen-bond acceptors (Lipinski definition) is 6. The van der Waals surface area contributed by atoms with E-state index in [1.807, 2.05) is 0 Å². The minimum absolute atomic E-state index is 0.00938. The van der Waals surface area contributed by atoms with Crippen LogP contribution in [0.3, 0.4) is 0 Å². The van der Waals surface area contributed by atoms with Crippen LogP contribution in [-0.4, -0.2) is 72.8 Å². The van der Waals surface area contributed by atoms with E-state index >= 15 is 0 Å². The Bertz CT molecular complexity index is 1350. The van der Waals surface area contributed by atoms with Crippen molar-refractivity contribution < 1.29 is 26.4 Å². The Hall–Kier alpha value is -2.63. The van der Waals surface area contributed by atoms with Gasteiger partial charge >= 0.3 is 0 Å². The number of nitrogens with zero attached hydrogens (tertiary/aromatic N) is 3. The largest absolute Gasteiger partial charge is 0.496 e. The molecule has 2 aliphatic rings. The predicted octanol–water partition coefficient (Wildman–Crippen LogP) is 2.57. The Morgan fingerprint density at radius 2 is 1.63 bits per heavy atom. The molecule has 2 heterocycles. The van der Waals surface area contributed by atoms with Crippen molar-refractivity contribution in [2.75, 3.05) is 45.1 Å². The molecule has 0 saturated carbocycles. The Labute approximate surface area is 207 Å². The molecule has 0 aliphatic carbocycles. The predicted molar refractivity (Wildman–Crippen MR) is 133 cm³/mol. The number of anilines is 1.